The Hall–Kier alpha value is -2.35. The Labute approximate surface area is 165 Å². The Morgan fingerprint density at radius 2 is 1.15 bits per heavy atom. The first-order valence-electron chi connectivity index (χ1n) is 7.55. The maximum atomic E-state index is 11.7. The molecule has 0 bridgehead atoms. The quantitative estimate of drug-likeness (QED) is 0.410. The molecule has 0 heterocycles. The van der Waals surface area contributed by atoms with Gasteiger partial charge in [0.25, 0.3) is 0 Å². The van der Waals surface area contributed by atoms with E-state index in [1.165, 1.54) is 12.1 Å². The molecule has 0 saturated carbocycles. The van der Waals surface area contributed by atoms with Crippen LogP contribution in [0.1, 0.15) is 20.7 Å². The number of carbonyl (C=O) groups is 2. The molecular weight excluding hydrogens is 438 g/mol. The van der Waals surface area contributed by atoms with E-state index in [4.69, 9.17) is 0 Å². The molecule has 0 aliphatic rings. The molecule has 6 heteroatoms. The van der Waals surface area contributed by atoms with Crippen molar-refractivity contribution in [1.82, 2.24) is 0 Å². The number of aromatic carboxylic acids is 2. The minimum atomic E-state index is -1.53. The maximum Gasteiger partial charge on any atom is 2.00 e. The molecule has 0 aromatic heterocycles. The summed E-state index contributed by atoms with van der Waals surface area (Å²) in [5, 5.41) is 25.4. The van der Waals surface area contributed by atoms with Crippen LogP contribution in [0.4, 0.5) is 0 Å². The first-order chi connectivity index (χ1) is 12.1. The summed E-state index contributed by atoms with van der Waals surface area (Å²) in [7, 11) is -1.25. The van der Waals surface area contributed by atoms with E-state index in [0.29, 0.717) is 5.30 Å². The van der Waals surface area contributed by atoms with Crippen molar-refractivity contribution in [3.8, 4) is 0 Å². The summed E-state index contributed by atoms with van der Waals surface area (Å²) in [5.74, 6) is -3.05. The van der Waals surface area contributed by atoms with Crippen molar-refractivity contribution in [2.75, 3.05) is 0 Å². The summed E-state index contributed by atoms with van der Waals surface area (Å²) in [6.45, 7) is 0. The normalized spacial score (nSPS) is 10.2. The Bertz CT molecular complexity index is 874. The van der Waals surface area contributed by atoms with Crippen molar-refractivity contribution in [2.45, 2.75) is 0 Å². The summed E-state index contributed by atoms with van der Waals surface area (Å²) in [6, 6.07) is 23.3. The smallest absolute Gasteiger partial charge is 0.545 e. The van der Waals surface area contributed by atoms with Crippen LogP contribution < -0.4 is 26.1 Å². The molecule has 0 N–H and O–H groups in total. The average Bonchev–Trinajstić information content (AvgIpc) is 2.63. The zero-order valence-corrected chi connectivity index (χ0v) is 16.0. The Kier molecular flexibility index (Phi) is 6.79. The first kappa shape index (κ1) is 20.0. The summed E-state index contributed by atoms with van der Waals surface area (Å²) in [6.07, 6.45) is 0. The third-order valence-electron chi connectivity index (χ3n) is 3.74. The van der Waals surface area contributed by atoms with E-state index in [1.807, 2.05) is 60.7 Å². The van der Waals surface area contributed by atoms with Gasteiger partial charge in [-0.15, -0.1) is 0 Å². The van der Waals surface area contributed by atoms with E-state index in [-0.39, 0.29) is 30.6 Å². The van der Waals surface area contributed by atoms with Gasteiger partial charge in [0, 0.05) is 11.1 Å². The van der Waals surface area contributed by atoms with Crippen molar-refractivity contribution in [3.05, 3.63) is 90.0 Å². The molecule has 3 aromatic rings. The summed E-state index contributed by atoms with van der Waals surface area (Å²) in [4.78, 5) is 23.1. The number of carboxylic acids is 2. The predicted octanol–water partition coefficient (Wildman–Crippen LogP) is 0.169. The number of hydrogen-bond donors (Lipinski definition) is 0. The molecule has 0 aliphatic heterocycles. The molecule has 131 valence electrons. The third kappa shape index (κ3) is 4.07. The van der Waals surface area contributed by atoms with Crippen LogP contribution in [-0.2, 0) is 19.5 Å². The molecule has 0 unspecified atom stereocenters. The van der Waals surface area contributed by atoms with Gasteiger partial charge in [-0.05, 0) is 23.8 Å². The number of hydrogen-bond acceptors (Lipinski definition) is 4. The van der Waals surface area contributed by atoms with Crippen molar-refractivity contribution < 1.29 is 39.3 Å². The Balaban J connectivity index is 0.00000243. The van der Waals surface area contributed by atoms with Gasteiger partial charge in [-0.1, -0.05) is 78.9 Å². The zero-order chi connectivity index (χ0) is 17.8. The van der Waals surface area contributed by atoms with Gasteiger partial charge in [-0.3, -0.25) is 0 Å². The van der Waals surface area contributed by atoms with E-state index in [2.05, 4.69) is 0 Å². The summed E-state index contributed by atoms with van der Waals surface area (Å²) in [5.41, 5.74) is -0.682. The predicted molar refractivity (Wildman–Crippen MR) is 93.8 cm³/mol. The van der Waals surface area contributed by atoms with Gasteiger partial charge in [0.1, 0.15) is 0 Å². The molecule has 26 heavy (non-hydrogen) atoms. The van der Waals surface area contributed by atoms with Gasteiger partial charge in [-0.2, -0.15) is 0 Å². The van der Waals surface area contributed by atoms with Crippen molar-refractivity contribution in [1.29, 1.82) is 0 Å². The standard InChI is InChI=1S/C20H15O4P.Rh/c21-19(22)16-12-7-13-17(18(16)20(23)24)25(14-8-3-1-4-9-14)15-10-5-2-6-11-15;/h1-13H,(H,21,22)(H,23,24);/q;+2/p-2. The first-order valence-corrected chi connectivity index (χ1v) is 8.89. The largest absolute Gasteiger partial charge is 2.00 e. The van der Waals surface area contributed by atoms with Crippen LogP contribution in [0, 0.1) is 0 Å². The van der Waals surface area contributed by atoms with Crippen LogP contribution in [0.25, 0.3) is 0 Å². The van der Waals surface area contributed by atoms with Crippen molar-refractivity contribution >= 4 is 35.8 Å². The molecular formula is C20H13O4PRh. The van der Waals surface area contributed by atoms with Crippen LogP contribution in [0.3, 0.4) is 0 Å². The fraction of sp³-hybridized carbons (Fsp3) is 0. The second-order valence-corrected chi connectivity index (χ2v) is 7.47. The van der Waals surface area contributed by atoms with Gasteiger partial charge in [0.15, 0.2) is 0 Å². The third-order valence-corrected chi connectivity index (χ3v) is 6.22. The van der Waals surface area contributed by atoms with Gasteiger partial charge >= 0.3 is 19.5 Å². The number of rotatable bonds is 5. The topological polar surface area (TPSA) is 80.3 Å². The van der Waals surface area contributed by atoms with Crippen LogP contribution in [0.15, 0.2) is 78.9 Å². The minimum Gasteiger partial charge on any atom is -0.545 e. The fourth-order valence-corrected chi connectivity index (χ4v) is 5.16. The van der Waals surface area contributed by atoms with Crippen LogP contribution in [-0.4, -0.2) is 11.9 Å². The molecule has 3 aromatic carbocycles. The molecule has 1 radical (unpaired) electrons. The van der Waals surface area contributed by atoms with Crippen LogP contribution >= 0.6 is 7.92 Å². The van der Waals surface area contributed by atoms with Gasteiger partial charge in [-0.25, -0.2) is 0 Å². The van der Waals surface area contributed by atoms with E-state index in [0.717, 1.165) is 10.6 Å². The molecule has 0 atom stereocenters. The second-order valence-electron chi connectivity index (χ2n) is 5.28. The molecule has 0 fully saturated rings. The van der Waals surface area contributed by atoms with E-state index < -0.39 is 19.9 Å². The van der Waals surface area contributed by atoms with Crippen LogP contribution in [0.5, 0.6) is 0 Å². The van der Waals surface area contributed by atoms with Crippen LogP contribution in [0.2, 0.25) is 0 Å². The fourth-order valence-electron chi connectivity index (χ4n) is 2.69. The number of carbonyl (C=O) groups excluding carboxylic acids is 2. The Morgan fingerprint density at radius 3 is 1.58 bits per heavy atom. The number of carboxylic acid groups (broad SMARTS) is 2. The van der Waals surface area contributed by atoms with Gasteiger partial charge in [0.2, 0.25) is 0 Å². The van der Waals surface area contributed by atoms with E-state index >= 15 is 0 Å². The van der Waals surface area contributed by atoms with E-state index in [9.17, 15) is 19.8 Å². The minimum absolute atomic E-state index is 0. The van der Waals surface area contributed by atoms with Gasteiger partial charge in [0.05, 0.1) is 11.9 Å². The second kappa shape index (κ2) is 8.84. The van der Waals surface area contributed by atoms with Crippen molar-refractivity contribution in [3.63, 3.8) is 0 Å². The number of benzene rings is 3. The summed E-state index contributed by atoms with van der Waals surface area (Å²) >= 11 is 0. The zero-order valence-electron chi connectivity index (χ0n) is 13.4. The average molecular weight is 451 g/mol. The monoisotopic (exact) mass is 451 g/mol. The van der Waals surface area contributed by atoms with Crippen molar-refractivity contribution in [2.24, 2.45) is 0 Å². The van der Waals surface area contributed by atoms with E-state index in [1.54, 1.807) is 6.07 Å². The Morgan fingerprint density at radius 1 is 0.654 bits per heavy atom. The SMILES string of the molecule is O=C([O-])c1cccc(P(c2ccccc2)c2ccccc2)c1C(=O)[O-].[Rh+2]. The molecule has 0 spiro atoms. The molecule has 0 saturated heterocycles. The van der Waals surface area contributed by atoms with Gasteiger partial charge < -0.3 is 19.8 Å². The molecule has 0 aliphatic carbocycles. The molecule has 0 amide bonds. The maximum absolute atomic E-state index is 11.7. The summed E-state index contributed by atoms with van der Waals surface area (Å²) < 4.78 is 0. The molecule has 3 rings (SSSR count). The molecule has 4 nitrogen and oxygen atoms in total.